The summed E-state index contributed by atoms with van der Waals surface area (Å²) in [5, 5.41) is -0.0759. The van der Waals surface area contributed by atoms with Crippen molar-refractivity contribution in [2.75, 3.05) is 34.0 Å². The monoisotopic (exact) mass is 1150 g/mol. The number of carbonyl (C=O) groups excluding carboxylic acids is 2. The molecule has 0 aromatic heterocycles. The van der Waals surface area contributed by atoms with Crippen molar-refractivity contribution >= 4 is 28.6 Å². The second-order valence-corrected chi connectivity index (χ2v) is 35.7. The van der Waals surface area contributed by atoms with Crippen LogP contribution in [0, 0.1) is 23.7 Å². The van der Waals surface area contributed by atoms with Crippen LogP contribution in [0.3, 0.4) is 0 Å². The van der Waals surface area contributed by atoms with Crippen molar-refractivity contribution in [1.82, 2.24) is 0 Å². The van der Waals surface area contributed by atoms with Crippen LogP contribution >= 0.6 is 0 Å². The third-order valence-electron chi connectivity index (χ3n) is 18.2. The number of hydrogen-bond donors (Lipinski definition) is 0. The first-order chi connectivity index (χ1) is 37.1. The van der Waals surface area contributed by atoms with Gasteiger partial charge in [-0.25, -0.2) is 4.79 Å². The minimum atomic E-state index is -2.46. The molecule has 16 nitrogen and oxygen atoms in total. The summed E-state index contributed by atoms with van der Waals surface area (Å²) in [6.45, 7) is 36.8. The summed E-state index contributed by atoms with van der Waals surface area (Å²) in [4.78, 5) is 27.6. The Balaban J connectivity index is 1.22. The van der Waals surface area contributed by atoms with Gasteiger partial charge < -0.3 is 65.7 Å². The number of allylic oxidation sites excluding steroid dienone is 2. The zero-order valence-corrected chi connectivity index (χ0v) is 53.6. The van der Waals surface area contributed by atoms with Gasteiger partial charge >= 0.3 is 11.9 Å². The fourth-order valence-electron chi connectivity index (χ4n) is 12.9. The van der Waals surface area contributed by atoms with Gasteiger partial charge in [-0.3, -0.25) is 4.79 Å². The second kappa shape index (κ2) is 26.4. The molecule has 20 atom stereocenters. The predicted octanol–water partition coefficient (Wildman–Crippen LogP) is 11.1. The predicted molar refractivity (Wildman–Crippen MR) is 306 cm³/mol. The molecular formula is C61H102O16Si2. The van der Waals surface area contributed by atoms with E-state index in [2.05, 4.69) is 125 Å². The number of carbonyl (C=O) groups is 2. The summed E-state index contributed by atoms with van der Waals surface area (Å²) in [7, 11) is -1.53. The van der Waals surface area contributed by atoms with E-state index in [-0.39, 0.29) is 55.1 Å². The maximum atomic E-state index is 15.5. The van der Waals surface area contributed by atoms with Crippen LogP contribution < -0.4 is 0 Å². The highest BCUT2D eigenvalue weighted by atomic mass is 28.4. The van der Waals surface area contributed by atoms with Crippen LogP contribution in [0.4, 0.5) is 0 Å². The highest BCUT2D eigenvalue weighted by molar-refractivity contribution is 6.74. The van der Waals surface area contributed by atoms with Crippen molar-refractivity contribution in [1.29, 1.82) is 0 Å². The molecular weight excluding hydrogens is 1040 g/mol. The number of fused-ring (bicyclic) bond motifs is 2. The minimum absolute atomic E-state index is 0.00421. The van der Waals surface area contributed by atoms with E-state index in [1.54, 1.807) is 21.1 Å². The lowest BCUT2D eigenvalue weighted by Gasteiger charge is -2.52. The van der Waals surface area contributed by atoms with Gasteiger partial charge in [0.05, 0.1) is 62.0 Å². The first kappa shape index (κ1) is 64.4. The van der Waals surface area contributed by atoms with Crippen molar-refractivity contribution in [3.63, 3.8) is 0 Å². The Morgan fingerprint density at radius 2 is 1.52 bits per heavy atom. The van der Waals surface area contributed by atoms with E-state index in [0.29, 0.717) is 50.4 Å². The van der Waals surface area contributed by atoms with Gasteiger partial charge in [0.25, 0.3) is 0 Å². The zero-order valence-electron chi connectivity index (χ0n) is 51.6. The van der Waals surface area contributed by atoms with Gasteiger partial charge in [0.15, 0.2) is 35.0 Å². The maximum Gasteiger partial charge on any atom is 0.332 e. The molecule has 0 amide bonds. The Kier molecular flexibility index (Phi) is 21.5. The van der Waals surface area contributed by atoms with Crippen LogP contribution in [0.5, 0.6) is 0 Å². The average Bonchev–Trinajstić information content (AvgIpc) is 3.60. The van der Waals surface area contributed by atoms with E-state index >= 15 is 4.79 Å². The van der Waals surface area contributed by atoms with Gasteiger partial charge in [0.1, 0.15) is 42.5 Å². The van der Waals surface area contributed by atoms with E-state index < -0.39 is 107 Å². The SMILES string of the molecule is CCOC(=O)CO[C@H]1[C@H](C)O[C@@H](O[C@H]2[C@H](C)O[C@@H](O[C@@H]3/C(C)=C/C[C@@H]4C[C@@H](C[C@]5(CC[C@H](C)[C@@H]([C@@H](C)CC)O5)O4)OC(=O)[C@@H]4C=C(C)[C@@H](O[Si](C)(C)C(C)(C)C)[C@H]5OC/C(=C\C=C\[C@@H]3C)[C@]54O[Si](C)(C)C)C[C@@H]2OC)C[C@@H]1OC. The van der Waals surface area contributed by atoms with Crippen molar-refractivity contribution in [3.05, 3.63) is 47.1 Å². The number of esters is 2. The van der Waals surface area contributed by atoms with Crippen molar-refractivity contribution in [3.8, 4) is 0 Å². The van der Waals surface area contributed by atoms with E-state index in [0.717, 1.165) is 29.6 Å². The summed E-state index contributed by atoms with van der Waals surface area (Å²) in [6.07, 6.45) is 9.32. The minimum Gasteiger partial charge on any atom is -0.464 e. The van der Waals surface area contributed by atoms with Gasteiger partial charge in [-0.05, 0) is 114 Å². The molecule has 7 aliphatic rings. The van der Waals surface area contributed by atoms with Gasteiger partial charge in [-0.2, -0.15) is 0 Å². The molecule has 5 saturated heterocycles. The fraction of sp³-hybridized carbons (Fsp3) is 0.836. The Labute approximate surface area is 476 Å². The number of ether oxygens (including phenoxy) is 12. The summed E-state index contributed by atoms with van der Waals surface area (Å²) in [5.74, 6) is -1.96. The van der Waals surface area contributed by atoms with Gasteiger partial charge in [-0.1, -0.05) is 85.3 Å². The fourth-order valence-corrected chi connectivity index (χ4v) is 15.5. The van der Waals surface area contributed by atoms with Gasteiger partial charge in [0.2, 0.25) is 0 Å². The molecule has 0 aromatic carbocycles. The van der Waals surface area contributed by atoms with Gasteiger partial charge in [0, 0.05) is 52.2 Å². The Morgan fingerprint density at radius 1 is 0.861 bits per heavy atom. The highest BCUT2D eigenvalue weighted by Gasteiger charge is 2.64. The molecule has 450 valence electrons. The summed E-state index contributed by atoms with van der Waals surface area (Å²) in [6, 6.07) is 0. The smallest absolute Gasteiger partial charge is 0.332 e. The molecule has 5 fully saturated rings. The van der Waals surface area contributed by atoms with Crippen LogP contribution in [0.25, 0.3) is 0 Å². The molecule has 6 aliphatic heterocycles. The summed E-state index contributed by atoms with van der Waals surface area (Å²) < 4.78 is 93.1. The molecule has 1 aliphatic carbocycles. The highest BCUT2D eigenvalue weighted by Crippen LogP contribution is 2.53. The quantitative estimate of drug-likeness (QED) is 0.0814. The first-order valence-electron chi connectivity index (χ1n) is 29.8. The largest absolute Gasteiger partial charge is 0.464 e. The van der Waals surface area contributed by atoms with Gasteiger partial charge in [-0.15, -0.1) is 0 Å². The molecule has 1 spiro atoms. The lowest BCUT2D eigenvalue weighted by molar-refractivity contribution is -0.340. The molecule has 0 radical (unpaired) electrons. The Morgan fingerprint density at radius 3 is 2.15 bits per heavy atom. The summed E-state index contributed by atoms with van der Waals surface area (Å²) in [5.41, 5.74) is 1.65. The van der Waals surface area contributed by atoms with E-state index in [1.165, 1.54) is 0 Å². The molecule has 18 heteroatoms. The van der Waals surface area contributed by atoms with E-state index in [4.69, 9.17) is 65.7 Å². The zero-order chi connectivity index (χ0) is 58.0. The molecule has 2 bridgehead atoms. The van der Waals surface area contributed by atoms with Crippen LogP contribution in [-0.2, 0) is 75.3 Å². The number of hydrogen-bond acceptors (Lipinski definition) is 16. The first-order valence-corrected chi connectivity index (χ1v) is 36.1. The number of methoxy groups -OCH3 is 2. The van der Waals surface area contributed by atoms with Crippen LogP contribution in [0.1, 0.15) is 134 Å². The molecule has 79 heavy (non-hydrogen) atoms. The molecule has 0 saturated carbocycles. The number of rotatable bonds is 16. The van der Waals surface area contributed by atoms with Crippen molar-refractivity contribution < 1.29 is 75.3 Å². The molecule has 7 rings (SSSR count). The topological polar surface area (TPSA) is 163 Å². The van der Waals surface area contributed by atoms with E-state index in [9.17, 15) is 4.79 Å². The third kappa shape index (κ3) is 14.9. The van der Waals surface area contributed by atoms with Crippen molar-refractivity contribution in [2.24, 2.45) is 23.7 Å². The third-order valence-corrected chi connectivity index (χ3v) is 23.6. The second-order valence-electron chi connectivity index (χ2n) is 26.5. The average molecular weight is 1150 g/mol. The van der Waals surface area contributed by atoms with Crippen molar-refractivity contribution in [2.45, 2.75) is 269 Å². The normalized spacial score (nSPS) is 41.9. The lowest BCUT2D eigenvalue weighted by atomic mass is 9.71. The van der Waals surface area contributed by atoms with E-state index in [1.807, 2.05) is 13.8 Å². The molecule has 0 aromatic rings. The van der Waals surface area contributed by atoms with Crippen LogP contribution in [-0.4, -0.2) is 160 Å². The molecule has 0 unspecified atom stereocenters. The summed E-state index contributed by atoms with van der Waals surface area (Å²) >= 11 is 0. The molecule has 6 heterocycles. The lowest BCUT2D eigenvalue weighted by Crippen LogP contribution is -2.64. The Bertz CT molecular complexity index is 2180. The van der Waals surface area contributed by atoms with Crippen LogP contribution in [0.15, 0.2) is 47.1 Å². The van der Waals surface area contributed by atoms with Crippen LogP contribution in [0.2, 0.25) is 37.8 Å². The Hall–Kier alpha value is -2.15. The standard InChI is InChI=1S/C61H102O16Si2/c1-20-36(3)53-39(6)27-28-60(75-53)33-45-30-44(74-60)26-25-38(5)52(72-50-32-48(65-14)56(42(9)70-50)73-51-31-47(64-13)55(41(8)69-51)67-35-49(62)66-21-2)37(4)23-22-24-43-34-68-57-54(76-79(18,19)59(10,11)12)40(7)29-46(58(63)71-45)61(43,57)77-78(15,16)17/h22-25,29,36-37,39,41-42,44-48,50-57H,20-21,26-28,30-35H2,1-19H3/b23-22+,38-25+,43-24+/t36-,37-,39-,41-,42-,44+,45-,46-,47-,48-,50-,51-,52-,53+,54+,55-,56-,57+,60+,61+/m0/s1. The maximum absolute atomic E-state index is 15.5. The molecule has 0 N–H and O–H groups in total.